The Morgan fingerprint density at radius 3 is 2.37 bits per heavy atom. The van der Waals surface area contributed by atoms with Crippen LogP contribution in [0, 0.1) is 11.3 Å². The van der Waals surface area contributed by atoms with E-state index in [1.165, 1.54) is 11.3 Å². The number of hydrogen-bond acceptors (Lipinski definition) is 5. The molecule has 0 aromatic carbocycles. The number of alkyl halides is 3. The molecule has 156 valence electrons. The lowest BCUT2D eigenvalue weighted by atomic mass is 10.2. The van der Waals surface area contributed by atoms with E-state index in [9.17, 15) is 18.4 Å². The summed E-state index contributed by atoms with van der Waals surface area (Å²) >= 11 is 13.8. The molecule has 3 aromatic heterocycles. The van der Waals surface area contributed by atoms with E-state index in [0.717, 1.165) is 22.8 Å². The van der Waals surface area contributed by atoms with Crippen LogP contribution >= 0.6 is 34.5 Å². The van der Waals surface area contributed by atoms with Crippen molar-refractivity contribution >= 4 is 46.2 Å². The normalized spacial score (nSPS) is 14.8. The lowest BCUT2D eigenvalue weighted by Gasteiger charge is -2.36. The number of piperazine rings is 1. The van der Waals surface area contributed by atoms with Gasteiger partial charge in [-0.05, 0) is 23.6 Å². The Hall–Kier alpha value is -2.41. The highest BCUT2D eigenvalue weighted by molar-refractivity contribution is 7.14. The fraction of sp³-hybridized carbons (Fsp3) is 0.263. The fourth-order valence-electron chi connectivity index (χ4n) is 3.35. The van der Waals surface area contributed by atoms with E-state index in [4.69, 9.17) is 23.2 Å². The molecule has 3 aromatic rings. The SMILES string of the molecule is N#Cc1cc(-c2sccc2Cl)[nH]c1N1CCN(c2ncc(C(F)(F)F)cc2Cl)CC1. The van der Waals surface area contributed by atoms with E-state index < -0.39 is 11.7 Å². The van der Waals surface area contributed by atoms with Gasteiger partial charge < -0.3 is 14.8 Å². The van der Waals surface area contributed by atoms with Crippen LogP contribution in [-0.2, 0) is 6.18 Å². The van der Waals surface area contributed by atoms with Gasteiger partial charge in [-0.2, -0.15) is 18.4 Å². The van der Waals surface area contributed by atoms with E-state index in [1.807, 2.05) is 15.2 Å². The first-order valence-corrected chi connectivity index (χ1v) is 10.5. The van der Waals surface area contributed by atoms with Gasteiger partial charge in [-0.15, -0.1) is 11.3 Å². The first kappa shape index (κ1) is 20.8. The molecule has 0 atom stereocenters. The first-order valence-electron chi connectivity index (χ1n) is 8.87. The fourth-order valence-corrected chi connectivity index (χ4v) is 4.76. The number of aromatic nitrogens is 2. The van der Waals surface area contributed by atoms with Crippen LogP contribution in [-0.4, -0.2) is 36.1 Å². The average molecular weight is 472 g/mol. The predicted octanol–water partition coefficient (Wildman–Crippen LogP) is 5.66. The van der Waals surface area contributed by atoms with Gasteiger partial charge in [-0.25, -0.2) is 4.98 Å². The van der Waals surface area contributed by atoms with Gasteiger partial charge >= 0.3 is 6.18 Å². The number of nitrogens with one attached hydrogen (secondary N) is 1. The van der Waals surface area contributed by atoms with Crippen molar-refractivity contribution in [2.24, 2.45) is 0 Å². The van der Waals surface area contributed by atoms with Crippen LogP contribution in [0.1, 0.15) is 11.1 Å². The van der Waals surface area contributed by atoms with Gasteiger partial charge in [0.25, 0.3) is 0 Å². The number of thiophene rings is 1. The van der Waals surface area contributed by atoms with E-state index in [1.54, 1.807) is 12.1 Å². The number of nitrogens with zero attached hydrogens (tertiary/aromatic N) is 4. The minimum Gasteiger partial charge on any atom is -0.354 e. The summed E-state index contributed by atoms with van der Waals surface area (Å²) in [4.78, 5) is 11.9. The van der Waals surface area contributed by atoms with Crippen LogP contribution in [0.2, 0.25) is 10.0 Å². The number of hydrogen-bond donors (Lipinski definition) is 1. The van der Waals surface area contributed by atoms with E-state index in [2.05, 4.69) is 16.0 Å². The van der Waals surface area contributed by atoms with Gasteiger partial charge in [-0.1, -0.05) is 23.2 Å². The Bertz CT molecular complexity index is 1110. The van der Waals surface area contributed by atoms with Crippen molar-refractivity contribution in [1.29, 1.82) is 5.26 Å². The number of aromatic amines is 1. The standard InChI is InChI=1S/C19H14Cl2F3N5S/c20-13-1-6-30-16(13)15-7-11(9-25)17(27-15)28-2-4-29(5-3-28)18-14(21)8-12(10-26-18)19(22,23)24/h1,6-8,10,27H,2-5H2. The largest absolute Gasteiger partial charge is 0.417 e. The molecule has 4 rings (SSSR count). The van der Waals surface area contributed by atoms with Gasteiger partial charge in [0, 0.05) is 32.4 Å². The monoisotopic (exact) mass is 471 g/mol. The molecule has 11 heteroatoms. The highest BCUT2D eigenvalue weighted by Gasteiger charge is 2.32. The van der Waals surface area contributed by atoms with E-state index >= 15 is 0 Å². The maximum Gasteiger partial charge on any atom is 0.417 e. The summed E-state index contributed by atoms with van der Waals surface area (Å²) in [6.07, 6.45) is -3.69. The highest BCUT2D eigenvalue weighted by Crippen LogP contribution is 2.37. The molecular formula is C19H14Cl2F3N5S. The Morgan fingerprint density at radius 2 is 1.80 bits per heavy atom. The molecule has 30 heavy (non-hydrogen) atoms. The van der Waals surface area contributed by atoms with Crippen LogP contribution in [0.3, 0.4) is 0 Å². The Labute approximate surface area is 184 Å². The Balaban J connectivity index is 1.51. The van der Waals surface area contributed by atoms with Crippen LogP contribution in [0.5, 0.6) is 0 Å². The molecule has 1 aliphatic heterocycles. The summed E-state index contributed by atoms with van der Waals surface area (Å²) in [5, 5.41) is 12.0. The molecule has 0 radical (unpaired) electrons. The second-order valence-electron chi connectivity index (χ2n) is 6.66. The van der Waals surface area contributed by atoms with Crippen LogP contribution < -0.4 is 9.80 Å². The van der Waals surface area contributed by atoms with E-state index in [-0.39, 0.29) is 5.02 Å². The van der Waals surface area contributed by atoms with Crippen LogP contribution in [0.25, 0.3) is 10.6 Å². The molecule has 1 saturated heterocycles. The molecule has 0 aliphatic carbocycles. The van der Waals surface area contributed by atoms with Gasteiger partial charge in [0.2, 0.25) is 0 Å². The highest BCUT2D eigenvalue weighted by atomic mass is 35.5. The molecule has 5 nitrogen and oxygen atoms in total. The third-order valence-corrected chi connectivity index (χ3v) is 6.48. The molecule has 1 aliphatic rings. The maximum absolute atomic E-state index is 12.8. The van der Waals surface area contributed by atoms with Crippen molar-refractivity contribution in [3.8, 4) is 16.6 Å². The molecule has 4 heterocycles. The smallest absolute Gasteiger partial charge is 0.354 e. The zero-order valence-corrected chi connectivity index (χ0v) is 17.6. The quantitative estimate of drug-likeness (QED) is 0.535. The van der Waals surface area contributed by atoms with Crippen molar-refractivity contribution in [1.82, 2.24) is 9.97 Å². The van der Waals surface area contributed by atoms with Crippen molar-refractivity contribution < 1.29 is 13.2 Å². The summed E-state index contributed by atoms with van der Waals surface area (Å²) in [6.45, 7) is 2.09. The minimum absolute atomic E-state index is 0.0366. The average Bonchev–Trinajstić information content (AvgIpc) is 3.33. The van der Waals surface area contributed by atoms with Crippen LogP contribution in [0.15, 0.2) is 29.8 Å². The topological polar surface area (TPSA) is 59.0 Å². The van der Waals surface area contributed by atoms with Crippen molar-refractivity contribution in [3.05, 3.63) is 50.9 Å². The second kappa shape index (κ2) is 8.02. The number of nitriles is 1. The summed E-state index contributed by atoms with van der Waals surface area (Å²) in [5.41, 5.74) is 0.407. The predicted molar refractivity (Wildman–Crippen MR) is 113 cm³/mol. The Morgan fingerprint density at radius 1 is 1.10 bits per heavy atom. The molecule has 0 saturated carbocycles. The van der Waals surface area contributed by atoms with Gasteiger partial charge in [0.05, 0.1) is 31.7 Å². The summed E-state index contributed by atoms with van der Waals surface area (Å²) < 4.78 is 38.5. The van der Waals surface area contributed by atoms with E-state index in [0.29, 0.717) is 48.4 Å². The maximum atomic E-state index is 12.8. The lowest BCUT2D eigenvalue weighted by Crippen LogP contribution is -2.47. The zero-order chi connectivity index (χ0) is 21.5. The second-order valence-corrected chi connectivity index (χ2v) is 8.39. The zero-order valence-electron chi connectivity index (χ0n) is 15.3. The molecule has 0 bridgehead atoms. The number of H-pyrrole nitrogens is 1. The third-order valence-electron chi connectivity index (χ3n) is 4.82. The summed E-state index contributed by atoms with van der Waals surface area (Å²) in [6, 6.07) is 6.67. The molecule has 1 N–H and O–H groups in total. The lowest BCUT2D eigenvalue weighted by molar-refractivity contribution is -0.137. The van der Waals surface area contributed by atoms with Crippen LogP contribution in [0.4, 0.5) is 24.8 Å². The van der Waals surface area contributed by atoms with Gasteiger partial charge in [0.15, 0.2) is 0 Å². The molecule has 0 amide bonds. The Kier molecular flexibility index (Phi) is 5.57. The van der Waals surface area contributed by atoms with Gasteiger partial charge in [0.1, 0.15) is 17.7 Å². The number of pyridine rings is 1. The first-order chi connectivity index (χ1) is 14.3. The van der Waals surface area contributed by atoms with Crippen molar-refractivity contribution in [2.75, 3.05) is 36.0 Å². The van der Waals surface area contributed by atoms with Crippen molar-refractivity contribution in [3.63, 3.8) is 0 Å². The number of anilines is 2. The molecule has 0 spiro atoms. The molecular weight excluding hydrogens is 458 g/mol. The number of rotatable bonds is 3. The minimum atomic E-state index is -4.49. The third kappa shape index (κ3) is 3.95. The summed E-state index contributed by atoms with van der Waals surface area (Å²) in [7, 11) is 0. The molecule has 0 unspecified atom stereocenters. The van der Waals surface area contributed by atoms with Gasteiger partial charge in [-0.3, -0.25) is 0 Å². The molecule has 1 fully saturated rings. The van der Waals surface area contributed by atoms with Crippen molar-refractivity contribution in [2.45, 2.75) is 6.18 Å². The summed E-state index contributed by atoms with van der Waals surface area (Å²) in [5.74, 6) is 1.02. The number of halogens is 5.